The minimum Gasteiger partial charge on any atom is -0.372 e. The normalized spacial score (nSPS) is 23.7. The van der Waals surface area contributed by atoms with Crippen LogP contribution in [0, 0.1) is 29.9 Å². The number of benzene rings is 2. The summed E-state index contributed by atoms with van der Waals surface area (Å²) in [6.45, 7) is 4.03. The first-order chi connectivity index (χ1) is 12.0. The molecule has 1 aliphatic heterocycles. The summed E-state index contributed by atoms with van der Waals surface area (Å²) in [5.74, 6) is 0.598. The van der Waals surface area contributed by atoms with Gasteiger partial charge in [-0.05, 0) is 60.6 Å². The Morgan fingerprint density at radius 3 is 2.80 bits per heavy atom. The van der Waals surface area contributed by atoms with E-state index in [1.54, 1.807) is 6.07 Å². The summed E-state index contributed by atoms with van der Waals surface area (Å²) in [5, 5.41) is 15.2. The molecular weight excluding hydrogens is 380 g/mol. The quantitative estimate of drug-likeness (QED) is 0.395. The van der Waals surface area contributed by atoms with Crippen LogP contribution in [0.5, 0.6) is 0 Å². The predicted octanol–water partition coefficient (Wildman–Crippen LogP) is 5.80. The molecule has 0 fully saturated rings. The van der Waals surface area contributed by atoms with Gasteiger partial charge < -0.3 is 5.32 Å². The second kappa shape index (κ2) is 5.99. The highest BCUT2D eigenvalue weighted by atomic mass is 79.9. The van der Waals surface area contributed by atoms with E-state index in [-0.39, 0.29) is 22.6 Å². The fraction of sp³-hybridized carbons (Fsp3) is 0.300. The maximum Gasteiger partial charge on any atom is 0.292 e. The molecule has 25 heavy (non-hydrogen) atoms. The smallest absolute Gasteiger partial charge is 0.292 e. The van der Waals surface area contributed by atoms with Gasteiger partial charge in [0.1, 0.15) is 5.69 Å². The van der Waals surface area contributed by atoms with Crippen molar-refractivity contribution in [3.63, 3.8) is 0 Å². The van der Waals surface area contributed by atoms with Crippen molar-refractivity contribution in [3.05, 3.63) is 79.3 Å². The van der Waals surface area contributed by atoms with Gasteiger partial charge in [0.05, 0.1) is 11.0 Å². The Kier molecular flexibility index (Phi) is 3.91. The van der Waals surface area contributed by atoms with Gasteiger partial charge in [0.15, 0.2) is 0 Å². The molecule has 1 N–H and O–H groups in total. The summed E-state index contributed by atoms with van der Waals surface area (Å²) in [7, 11) is 0. The number of hydrogen-bond acceptors (Lipinski definition) is 3. The topological polar surface area (TPSA) is 55.2 Å². The minimum absolute atomic E-state index is 0.0609. The number of hydrogen-bond donors (Lipinski definition) is 1. The molecule has 5 heteroatoms. The van der Waals surface area contributed by atoms with Crippen LogP contribution in [0.3, 0.4) is 0 Å². The zero-order valence-corrected chi connectivity index (χ0v) is 15.7. The lowest BCUT2D eigenvalue weighted by Crippen LogP contribution is -2.30. The molecule has 0 unspecified atom stereocenters. The Bertz CT molecular complexity index is 907. The number of allylic oxidation sites excluding steroid dienone is 2. The van der Waals surface area contributed by atoms with Crippen molar-refractivity contribution < 1.29 is 4.92 Å². The lowest BCUT2D eigenvalue weighted by molar-refractivity contribution is -0.384. The monoisotopic (exact) mass is 398 g/mol. The maximum atomic E-state index is 11.7. The Hall–Kier alpha value is -2.14. The molecule has 1 aliphatic carbocycles. The molecular formula is C20H19BrN2O2. The van der Waals surface area contributed by atoms with Gasteiger partial charge in [0.25, 0.3) is 5.69 Å². The van der Waals surface area contributed by atoms with Crippen LogP contribution in [0.4, 0.5) is 11.4 Å². The summed E-state index contributed by atoms with van der Waals surface area (Å²) in [6, 6.07) is 9.97. The highest BCUT2D eigenvalue weighted by Crippen LogP contribution is 2.53. The summed E-state index contributed by atoms with van der Waals surface area (Å²) < 4.78 is 1.02. The summed E-state index contributed by atoms with van der Waals surface area (Å²) >= 11 is 3.54. The molecule has 0 spiro atoms. The zero-order valence-electron chi connectivity index (χ0n) is 14.1. The van der Waals surface area contributed by atoms with Crippen molar-refractivity contribution in [1.29, 1.82) is 0 Å². The number of fused-ring (bicyclic) bond motifs is 3. The van der Waals surface area contributed by atoms with Gasteiger partial charge >= 0.3 is 0 Å². The van der Waals surface area contributed by atoms with Crippen molar-refractivity contribution >= 4 is 27.3 Å². The number of rotatable bonds is 2. The van der Waals surface area contributed by atoms with E-state index in [1.807, 2.05) is 19.1 Å². The third-order valence-corrected chi connectivity index (χ3v) is 6.05. The van der Waals surface area contributed by atoms with Crippen molar-refractivity contribution in [2.45, 2.75) is 32.2 Å². The number of nitro benzene ring substituents is 1. The van der Waals surface area contributed by atoms with Crippen molar-refractivity contribution in [2.24, 2.45) is 5.92 Å². The van der Waals surface area contributed by atoms with E-state index in [4.69, 9.17) is 0 Å². The van der Waals surface area contributed by atoms with E-state index in [2.05, 4.69) is 52.5 Å². The molecule has 0 saturated carbocycles. The highest BCUT2D eigenvalue weighted by molar-refractivity contribution is 9.10. The van der Waals surface area contributed by atoms with E-state index in [0.29, 0.717) is 11.6 Å². The van der Waals surface area contributed by atoms with Crippen LogP contribution >= 0.6 is 15.9 Å². The third kappa shape index (κ3) is 2.58. The number of aryl methyl sites for hydroxylation is 1. The fourth-order valence-corrected chi connectivity index (χ4v) is 4.67. The molecule has 0 aromatic heterocycles. The first kappa shape index (κ1) is 16.3. The third-order valence-electron chi connectivity index (χ3n) is 5.55. The second-order valence-corrected chi connectivity index (χ2v) is 7.83. The largest absolute Gasteiger partial charge is 0.372 e. The van der Waals surface area contributed by atoms with E-state index in [1.165, 1.54) is 0 Å². The van der Waals surface area contributed by atoms with Gasteiger partial charge in [-0.1, -0.05) is 40.2 Å². The van der Waals surface area contributed by atoms with Crippen molar-refractivity contribution in [1.82, 2.24) is 0 Å². The Balaban J connectivity index is 1.92. The van der Waals surface area contributed by atoms with Crippen LogP contribution in [0.25, 0.3) is 0 Å². The van der Waals surface area contributed by atoms with E-state index < -0.39 is 0 Å². The molecule has 0 amide bonds. The molecule has 2 aromatic carbocycles. The van der Waals surface area contributed by atoms with Crippen LogP contribution in [0.1, 0.15) is 40.6 Å². The average Bonchev–Trinajstić information content (AvgIpc) is 3.06. The van der Waals surface area contributed by atoms with Gasteiger partial charge in [-0.2, -0.15) is 0 Å². The average molecular weight is 399 g/mol. The molecule has 0 saturated heterocycles. The highest BCUT2D eigenvalue weighted by Gasteiger charge is 2.41. The number of nitro groups is 1. The van der Waals surface area contributed by atoms with Gasteiger partial charge in [-0.25, -0.2) is 0 Å². The maximum absolute atomic E-state index is 11.7. The Morgan fingerprint density at radius 2 is 2.08 bits per heavy atom. The first-order valence-electron chi connectivity index (χ1n) is 8.44. The summed E-state index contributed by atoms with van der Waals surface area (Å²) in [5.41, 5.74) is 5.25. The van der Waals surface area contributed by atoms with Crippen LogP contribution < -0.4 is 5.32 Å². The molecule has 0 bridgehead atoms. The number of halogens is 1. The minimum atomic E-state index is -0.269. The fourth-order valence-electron chi connectivity index (χ4n) is 4.25. The van der Waals surface area contributed by atoms with Gasteiger partial charge in [0, 0.05) is 16.5 Å². The van der Waals surface area contributed by atoms with Crippen molar-refractivity contribution in [2.75, 3.05) is 5.32 Å². The lowest BCUT2D eigenvalue weighted by Gasteiger charge is -2.38. The predicted molar refractivity (Wildman–Crippen MR) is 103 cm³/mol. The molecule has 4 nitrogen and oxygen atoms in total. The number of nitrogens with zero attached hydrogens (tertiary/aromatic N) is 1. The summed E-state index contributed by atoms with van der Waals surface area (Å²) in [6.07, 6.45) is 5.42. The SMILES string of the molecule is Cc1cc([N+](=O)[O-])c2c(c1C)[C@@H]1C=CC[C@H]1[C@H](c1cccc(Br)c1)N2. The van der Waals surface area contributed by atoms with E-state index in [9.17, 15) is 10.1 Å². The number of anilines is 1. The standard InChI is InChI=1S/C20H19BrN2O2/c1-11-9-17(23(24)25)20-18(12(11)2)15-7-4-8-16(15)19(22-20)13-5-3-6-14(21)10-13/h3-7,9-10,15-16,19,22H,8H2,1-2H3/t15-,16-,19+/m1/s1. The van der Waals surface area contributed by atoms with Crippen LogP contribution in [-0.4, -0.2) is 4.92 Å². The second-order valence-electron chi connectivity index (χ2n) is 6.91. The van der Waals surface area contributed by atoms with Crippen LogP contribution in [0.2, 0.25) is 0 Å². The number of nitrogens with one attached hydrogen (secondary N) is 1. The molecule has 1 heterocycles. The lowest BCUT2D eigenvalue weighted by atomic mass is 9.74. The zero-order chi connectivity index (χ0) is 17.7. The van der Waals surface area contributed by atoms with Crippen LogP contribution in [-0.2, 0) is 0 Å². The molecule has 0 radical (unpaired) electrons. The molecule has 4 rings (SSSR count). The Labute approximate surface area is 155 Å². The molecule has 3 atom stereocenters. The first-order valence-corrected chi connectivity index (χ1v) is 9.24. The van der Waals surface area contributed by atoms with E-state index in [0.717, 1.165) is 33.1 Å². The van der Waals surface area contributed by atoms with Gasteiger partial charge in [-0.3, -0.25) is 10.1 Å². The van der Waals surface area contributed by atoms with Crippen LogP contribution in [0.15, 0.2) is 47.0 Å². The van der Waals surface area contributed by atoms with Gasteiger partial charge in [-0.15, -0.1) is 0 Å². The Morgan fingerprint density at radius 1 is 1.28 bits per heavy atom. The molecule has 2 aliphatic rings. The summed E-state index contributed by atoms with van der Waals surface area (Å²) in [4.78, 5) is 11.4. The van der Waals surface area contributed by atoms with Gasteiger partial charge in [0.2, 0.25) is 0 Å². The molecule has 2 aromatic rings. The van der Waals surface area contributed by atoms with E-state index >= 15 is 0 Å². The molecule has 128 valence electrons. The van der Waals surface area contributed by atoms with Crippen molar-refractivity contribution in [3.8, 4) is 0 Å².